The third-order valence-electron chi connectivity index (χ3n) is 5.74. The van der Waals surface area contributed by atoms with Gasteiger partial charge < -0.3 is 11.1 Å². The maximum absolute atomic E-state index is 6.53. The Balaban J connectivity index is 1.67. The molecule has 126 valence electrons. The van der Waals surface area contributed by atoms with E-state index in [0.29, 0.717) is 5.92 Å². The van der Waals surface area contributed by atoms with Gasteiger partial charge in [0.1, 0.15) is 0 Å². The van der Waals surface area contributed by atoms with Gasteiger partial charge in [-0.1, -0.05) is 32.1 Å². The Morgan fingerprint density at radius 1 is 1.25 bits per heavy atom. The summed E-state index contributed by atoms with van der Waals surface area (Å²) in [4.78, 5) is 0. The van der Waals surface area contributed by atoms with Crippen LogP contribution in [0.3, 0.4) is 0 Å². The Morgan fingerprint density at radius 3 is 2.67 bits per heavy atom. The Morgan fingerprint density at radius 2 is 2.04 bits per heavy atom. The van der Waals surface area contributed by atoms with Crippen molar-refractivity contribution in [1.29, 1.82) is 0 Å². The van der Waals surface area contributed by atoms with Crippen LogP contribution in [-0.4, -0.2) is 15.7 Å². The Labute approximate surface area is 143 Å². The average molecular weight is 322 g/mol. The van der Waals surface area contributed by atoms with E-state index in [-0.39, 0.29) is 11.6 Å². The summed E-state index contributed by atoms with van der Waals surface area (Å²) in [6.45, 7) is 4.31. The van der Waals surface area contributed by atoms with Gasteiger partial charge in [0.2, 0.25) is 0 Å². The van der Waals surface area contributed by atoms with Crippen molar-refractivity contribution in [2.45, 2.75) is 57.0 Å². The molecule has 24 heavy (non-hydrogen) atoms. The predicted octanol–water partition coefficient (Wildman–Crippen LogP) is 4.04. The summed E-state index contributed by atoms with van der Waals surface area (Å²) in [5.41, 5.74) is 11.5. The number of hydrogen-bond donors (Lipinski definition) is 3. The number of hydrogen-bond acceptors (Lipinski definition) is 3. The van der Waals surface area contributed by atoms with Gasteiger partial charge in [0, 0.05) is 17.1 Å². The summed E-state index contributed by atoms with van der Waals surface area (Å²) in [6, 6.07) is 4.59. The van der Waals surface area contributed by atoms with Crippen molar-refractivity contribution < 1.29 is 0 Å². The first kappa shape index (κ1) is 15.5. The van der Waals surface area contributed by atoms with E-state index in [0.717, 1.165) is 18.4 Å². The van der Waals surface area contributed by atoms with E-state index in [9.17, 15) is 0 Å². The second kappa shape index (κ2) is 5.78. The van der Waals surface area contributed by atoms with Gasteiger partial charge in [-0.2, -0.15) is 5.10 Å². The van der Waals surface area contributed by atoms with Crippen molar-refractivity contribution in [3.05, 3.63) is 53.4 Å². The van der Waals surface area contributed by atoms with Gasteiger partial charge in [-0.3, -0.25) is 5.10 Å². The van der Waals surface area contributed by atoms with E-state index >= 15 is 0 Å². The van der Waals surface area contributed by atoms with Crippen LogP contribution in [0.1, 0.15) is 62.6 Å². The molecule has 2 heterocycles. The lowest BCUT2D eigenvalue weighted by atomic mass is 9.83. The standard InChI is InChI=1S/C20H26N4/c1-3-20(21,4-2)14-7-9-17(22-11-14)15-8-10-18-16(12-23-24-18)19(15)13-5-6-13/h7-13,17,22H,3-6,21H2,1-2H3,(H,23,24). The molecule has 0 bridgehead atoms. The molecule has 4 rings (SSSR count). The quantitative estimate of drug-likeness (QED) is 0.778. The molecule has 1 aliphatic heterocycles. The van der Waals surface area contributed by atoms with Crippen LogP contribution in [0.15, 0.2) is 42.3 Å². The molecule has 1 aromatic heterocycles. The molecule has 1 aromatic carbocycles. The van der Waals surface area contributed by atoms with E-state index < -0.39 is 0 Å². The van der Waals surface area contributed by atoms with Gasteiger partial charge in [-0.15, -0.1) is 0 Å². The van der Waals surface area contributed by atoms with Gasteiger partial charge in [-0.05, 0) is 54.4 Å². The number of nitrogens with two attached hydrogens (primary N) is 1. The normalized spacial score (nSPS) is 21.0. The van der Waals surface area contributed by atoms with Crippen LogP contribution < -0.4 is 11.1 Å². The number of rotatable bonds is 5. The lowest BCUT2D eigenvalue weighted by Crippen LogP contribution is -2.41. The maximum Gasteiger partial charge on any atom is 0.0698 e. The average Bonchev–Trinajstić information content (AvgIpc) is 3.36. The molecule has 1 unspecified atom stereocenters. The fraction of sp³-hybridized carbons (Fsp3) is 0.450. The number of dihydropyridines is 1. The van der Waals surface area contributed by atoms with E-state index in [1.165, 1.54) is 34.9 Å². The first-order valence-corrected chi connectivity index (χ1v) is 9.06. The molecule has 1 aliphatic carbocycles. The van der Waals surface area contributed by atoms with E-state index in [1.807, 2.05) is 6.20 Å². The van der Waals surface area contributed by atoms with Crippen molar-refractivity contribution in [2.75, 3.05) is 0 Å². The second-order valence-corrected chi connectivity index (χ2v) is 7.14. The lowest BCUT2D eigenvalue weighted by molar-refractivity contribution is 0.467. The zero-order valence-corrected chi connectivity index (χ0v) is 14.5. The lowest BCUT2D eigenvalue weighted by Gasteiger charge is -2.32. The van der Waals surface area contributed by atoms with Crippen LogP contribution in [0, 0.1) is 0 Å². The van der Waals surface area contributed by atoms with Crippen molar-refractivity contribution in [2.24, 2.45) is 5.73 Å². The highest BCUT2D eigenvalue weighted by Gasteiger charge is 2.31. The highest BCUT2D eigenvalue weighted by atomic mass is 15.1. The number of nitrogens with one attached hydrogen (secondary N) is 2. The number of aromatic amines is 1. The van der Waals surface area contributed by atoms with Gasteiger partial charge in [0.25, 0.3) is 0 Å². The molecule has 1 atom stereocenters. The Kier molecular flexibility index (Phi) is 3.72. The number of nitrogens with zero attached hydrogens (tertiary/aromatic N) is 1. The van der Waals surface area contributed by atoms with Crippen LogP contribution in [0.25, 0.3) is 10.9 Å². The molecular weight excluding hydrogens is 296 g/mol. The smallest absolute Gasteiger partial charge is 0.0698 e. The largest absolute Gasteiger partial charge is 0.380 e. The molecular formula is C20H26N4. The van der Waals surface area contributed by atoms with Crippen LogP contribution in [0.5, 0.6) is 0 Å². The van der Waals surface area contributed by atoms with Crippen molar-refractivity contribution in [3.8, 4) is 0 Å². The molecule has 1 fully saturated rings. The molecule has 0 saturated heterocycles. The molecule has 2 aromatic rings. The van der Waals surface area contributed by atoms with E-state index in [4.69, 9.17) is 5.73 Å². The summed E-state index contributed by atoms with van der Waals surface area (Å²) in [7, 11) is 0. The molecule has 2 aliphatic rings. The van der Waals surface area contributed by atoms with Crippen LogP contribution >= 0.6 is 0 Å². The summed E-state index contributed by atoms with van der Waals surface area (Å²) >= 11 is 0. The maximum atomic E-state index is 6.53. The fourth-order valence-corrected chi connectivity index (χ4v) is 3.80. The highest BCUT2D eigenvalue weighted by Crippen LogP contribution is 2.46. The Bertz CT molecular complexity index is 806. The second-order valence-electron chi connectivity index (χ2n) is 7.14. The van der Waals surface area contributed by atoms with Crippen molar-refractivity contribution >= 4 is 10.9 Å². The summed E-state index contributed by atoms with van der Waals surface area (Å²) in [5.74, 6) is 0.682. The van der Waals surface area contributed by atoms with E-state index in [1.54, 1.807) is 0 Å². The SMILES string of the molecule is CCC(N)(CC)C1=CNC(c2ccc3[nH]ncc3c2C2CC2)C=C1. The third-order valence-corrected chi connectivity index (χ3v) is 5.74. The number of H-pyrrole nitrogens is 1. The topological polar surface area (TPSA) is 66.7 Å². The molecule has 4 heteroatoms. The summed E-state index contributed by atoms with van der Waals surface area (Å²) < 4.78 is 0. The molecule has 0 amide bonds. The van der Waals surface area contributed by atoms with Gasteiger partial charge >= 0.3 is 0 Å². The fourth-order valence-electron chi connectivity index (χ4n) is 3.80. The van der Waals surface area contributed by atoms with Crippen LogP contribution in [0.4, 0.5) is 0 Å². The van der Waals surface area contributed by atoms with Crippen molar-refractivity contribution in [3.63, 3.8) is 0 Å². The van der Waals surface area contributed by atoms with Crippen molar-refractivity contribution in [1.82, 2.24) is 15.5 Å². The van der Waals surface area contributed by atoms with Crippen LogP contribution in [0.2, 0.25) is 0 Å². The van der Waals surface area contributed by atoms with Gasteiger partial charge in [-0.25, -0.2) is 0 Å². The summed E-state index contributed by atoms with van der Waals surface area (Å²) in [5, 5.41) is 12.2. The summed E-state index contributed by atoms with van der Waals surface area (Å²) in [6.07, 6.45) is 13.0. The molecule has 1 saturated carbocycles. The molecule has 0 radical (unpaired) electrons. The molecule has 4 nitrogen and oxygen atoms in total. The Hall–Kier alpha value is -2.07. The zero-order valence-electron chi connectivity index (χ0n) is 14.5. The first-order valence-electron chi connectivity index (χ1n) is 9.06. The van der Waals surface area contributed by atoms with Crippen LogP contribution in [-0.2, 0) is 0 Å². The monoisotopic (exact) mass is 322 g/mol. The number of aromatic nitrogens is 2. The van der Waals surface area contributed by atoms with Gasteiger partial charge in [0.15, 0.2) is 0 Å². The zero-order chi connectivity index (χ0) is 16.7. The minimum Gasteiger partial charge on any atom is -0.380 e. The van der Waals surface area contributed by atoms with E-state index in [2.05, 4.69) is 59.8 Å². The first-order chi connectivity index (χ1) is 11.7. The van der Waals surface area contributed by atoms with Gasteiger partial charge in [0.05, 0.1) is 17.8 Å². The highest BCUT2D eigenvalue weighted by molar-refractivity contribution is 5.84. The number of fused-ring (bicyclic) bond motifs is 1. The number of benzene rings is 1. The predicted molar refractivity (Wildman–Crippen MR) is 98.7 cm³/mol. The molecule has 4 N–H and O–H groups in total. The molecule has 0 spiro atoms. The minimum atomic E-state index is -0.234. The minimum absolute atomic E-state index is 0.210. The third kappa shape index (κ3) is 2.46.